The molecule has 0 aliphatic carbocycles. The number of carboxylic acid groups (broad SMARTS) is 1. The van der Waals surface area contributed by atoms with Gasteiger partial charge in [-0.15, -0.1) is 5.10 Å². The lowest BCUT2D eigenvalue weighted by Gasteiger charge is -2.19. The molecule has 2 aromatic heterocycles. The molecule has 0 fully saturated rings. The van der Waals surface area contributed by atoms with Crippen LogP contribution in [0.3, 0.4) is 0 Å². The molecule has 0 aliphatic rings. The SMILES string of the molecule is Cc1cc(CC(CNc2ccc(C(=O)O)cc2)NC(=O)/C=C/c2cc(Cl)ccc2-n2cnnn2)n(C)n1. The highest BCUT2D eigenvalue weighted by atomic mass is 35.5. The summed E-state index contributed by atoms with van der Waals surface area (Å²) in [7, 11) is 1.86. The molecule has 0 radical (unpaired) electrons. The van der Waals surface area contributed by atoms with Gasteiger partial charge >= 0.3 is 5.97 Å². The van der Waals surface area contributed by atoms with Crippen LogP contribution in [-0.2, 0) is 18.3 Å². The summed E-state index contributed by atoms with van der Waals surface area (Å²) in [6.45, 7) is 2.32. The first-order valence-electron chi connectivity index (χ1n) is 11.4. The first-order valence-corrected chi connectivity index (χ1v) is 11.7. The zero-order valence-corrected chi connectivity index (χ0v) is 20.9. The molecule has 0 saturated carbocycles. The Morgan fingerprint density at radius 2 is 1.95 bits per heavy atom. The summed E-state index contributed by atoms with van der Waals surface area (Å²) in [5.41, 5.74) is 4.14. The Balaban J connectivity index is 1.49. The van der Waals surface area contributed by atoms with Crippen molar-refractivity contribution in [2.24, 2.45) is 7.05 Å². The zero-order valence-electron chi connectivity index (χ0n) is 20.2. The largest absolute Gasteiger partial charge is 0.478 e. The fourth-order valence-corrected chi connectivity index (χ4v) is 3.99. The summed E-state index contributed by atoms with van der Waals surface area (Å²) < 4.78 is 3.28. The second kappa shape index (κ2) is 11.5. The number of anilines is 1. The Hall–Kier alpha value is -4.51. The summed E-state index contributed by atoms with van der Waals surface area (Å²) in [4.78, 5) is 24.0. The van der Waals surface area contributed by atoms with Crippen LogP contribution in [0.2, 0.25) is 5.02 Å². The molecule has 0 spiro atoms. The number of carbonyl (C=O) groups is 2. The minimum atomic E-state index is -0.988. The van der Waals surface area contributed by atoms with Crippen LogP contribution in [0.5, 0.6) is 0 Å². The van der Waals surface area contributed by atoms with E-state index in [9.17, 15) is 9.59 Å². The first-order chi connectivity index (χ1) is 17.8. The number of nitrogens with zero attached hydrogens (tertiary/aromatic N) is 6. The number of hydrogen-bond donors (Lipinski definition) is 3. The predicted octanol–water partition coefficient (Wildman–Crippen LogP) is 2.91. The molecule has 0 bridgehead atoms. The molecule has 11 nitrogen and oxygen atoms in total. The van der Waals surface area contributed by atoms with Crippen molar-refractivity contribution in [1.29, 1.82) is 0 Å². The molecular weight excluding hydrogens is 496 g/mol. The second-order valence-electron chi connectivity index (χ2n) is 8.36. The van der Waals surface area contributed by atoms with Crippen LogP contribution in [0.4, 0.5) is 5.69 Å². The third kappa shape index (κ3) is 6.79. The topological polar surface area (TPSA) is 140 Å². The van der Waals surface area contributed by atoms with E-state index in [1.807, 2.05) is 20.0 Å². The van der Waals surface area contributed by atoms with Gasteiger partial charge in [0.25, 0.3) is 0 Å². The highest BCUT2D eigenvalue weighted by Gasteiger charge is 2.15. The van der Waals surface area contributed by atoms with Gasteiger partial charge in [-0.05, 0) is 72.0 Å². The number of carbonyl (C=O) groups excluding carboxylic acids is 1. The van der Waals surface area contributed by atoms with Gasteiger partial charge in [-0.1, -0.05) is 11.6 Å². The van der Waals surface area contributed by atoms with E-state index in [0.717, 1.165) is 17.1 Å². The molecular formula is C25H25ClN8O3. The molecule has 37 heavy (non-hydrogen) atoms. The van der Waals surface area contributed by atoms with Crippen molar-refractivity contribution >= 4 is 35.2 Å². The standard InChI is InChI=1S/C25H25ClN8O3/c1-16-11-22(33(2)30-16)13-21(14-27-20-7-3-17(4-8-20)25(36)37)29-24(35)10-5-18-12-19(26)6-9-23(18)34-15-28-31-32-34/h3-12,15,21,27H,13-14H2,1-2H3,(H,29,35)(H,36,37)/b10-5+. The maximum atomic E-state index is 12.9. The van der Waals surface area contributed by atoms with Crippen molar-refractivity contribution in [2.75, 3.05) is 11.9 Å². The van der Waals surface area contributed by atoms with E-state index in [4.69, 9.17) is 16.7 Å². The number of tetrazole rings is 1. The van der Waals surface area contributed by atoms with E-state index in [0.29, 0.717) is 29.2 Å². The number of nitrogens with one attached hydrogen (secondary N) is 2. The number of aryl methyl sites for hydroxylation is 2. The Morgan fingerprint density at radius 1 is 1.16 bits per heavy atom. The molecule has 1 amide bonds. The van der Waals surface area contributed by atoms with Gasteiger partial charge in [0.2, 0.25) is 5.91 Å². The molecule has 0 aliphatic heterocycles. The third-order valence-corrected chi connectivity index (χ3v) is 5.82. The lowest BCUT2D eigenvalue weighted by atomic mass is 10.1. The smallest absolute Gasteiger partial charge is 0.335 e. The van der Waals surface area contributed by atoms with Crippen molar-refractivity contribution in [1.82, 2.24) is 35.3 Å². The van der Waals surface area contributed by atoms with Gasteiger partial charge in [-0.25, -0.2) is 4.79 Å². The Bertz CT molecular complexity index is 1410. The van der Waals surface area contributed by atoms with Crippen molar-refractivity contribution in [3.8, 4) is 5.69 Å². The molecule has 1 unspecified atom stereocenters. The van der Waals surface area contributed by atoms with Gasteiger partial charge < -0.3 is 15.7 Å². The van der Waals surface area contributed by atoms with Crippen LogP contribution in [-0.4, -0.2) is 59.6 Å². The van der Waals surface area contributed by atoms with E-state index in [-0.39, 0.29) is 17.5 Å². The number of aromatic carboxylic acids is 1. The van der Waals surface area contributed by atoms with Crippen LogP contribution in [0, 0.1) is 6.92 Å². The number of hydrogen-bond acceptors (Lipinski definition) is 7. The van der Waals surface area contributed by atoms with Gasteiger partial charge in [-0.3, -0.25) is 9.48 Å². The summed E-state index contributed by atoms with van der Waals surface area (Å²) >= 11 is 6.17. The van der Waals surface area contributed by atoms with Crippen molar-refractivity contribution < 1.29 is 14.7 Å². The lowest BCUT2D eigenvalue weighted by Crippen LogP contribution is -2.41. The molecule has 12 heteroatoms. The Kier molecular flexibility index (Phi) is 7.94. The highest BCUT2D eigenvalue weighted by Crippen LogP contribution is 2.20. The number of aromatic nitrogens is 6. The minimum absolute atomic E-state index is 0.202. The fraction of sp³-hybridized carbons (Fsp3) is 0.200. The monoisotopic (exact) mass is 520 g/mol. The van der Waals surface area contributed by atoms with Gasteiger partial charge in [-0.2, -0.15) is 9.78 Å². The average molecular weight is 521 g/mol. The lowest BCUT2D eigenvalue weighted by molar-refractivity contribution is -0.117. The molecule has 4 aromatic rings. The molecule has 1 atom stereocenters. The molecule has 0 saturated heterocycles. The van der Waals surface area contributed by atoms with Crippen LogP contribution in [0.15, 0.2) is 60.9 Å². The molecule has 2 aromatic carbocycles. The van der Waals surface area contributed by atoms with E-state index >= 15 is 0 Å². The summed E-state index contributed by atoms with van der Waals surface area (Å²) in [5.74, 6) is -1.28. The Labute approximate surface area is 217 Å². The fourth-order valence-electron chi connectivity index (χ4n) is 3.81. The molecule has 4 rings (SSSR count). The van der Waals surface area contributed by atoms with Crippen molar-refractivity contribution in [2.45, 2.75) is 19.4 Å². The maximum Gasteiger partial charge on any atom is 0.335 e. The third-order valence-electron chi connectivity index (χ3n) is 5.58. The summed E-state index contributed by atoms with van der Waals surface area (Å²) in [6.07, 6.45) is 5.08. The van der Waals surface area contributed by atoms with Crippen molar-refractivity contribution in [3.63, 3.8) is 0 Å². The Morgan fingerprint density at radius 3 is 2.59 bits per heavy atom. The first kappa shape index (κ1) is 25.6. The van der Waals surface area contributed by atoms with E-state index in [1.54, 1.807) is 41.1 Å². The quantitative estimate of drug-likeness (QED) is 0.271. The highest BCUT2D eigenvalue weighted by molar-refractivity contribution is 6.30. The second-order valence-corrected chi connectivity index (χ2v) is 8.80. The van der Waals surface area contributed by atoms with Crippen LogP contribution < -0.4 is 10.6 Å². The maximum absolute atomic E-state index is 12.9. The summed E-state index contributed by atoms with van der Waals surface area (Å²) in [6, 6.07) is 13.3. The van der Waals surface area contributed by atoms with Gasteiger partial charge in [0.15, 0.2) is 0 Å². The number of benzene rings is 2. The van der Waals surface area contributed by atoms with Gasteiger partial charge in [0.05, 0.1) is 23.0 Å². The number of halogens is 1. The predicted molar refractivity (Wildman–Crippen MR) is 139 cm³/mol. The number of carboxylic acids is 1. The molecule has 2 heterocycles. The van der Waals surface area contributed by atoms with Crippen LogP contribution in [0.1, 0.15) is 27.3 Å². The van der Waals surface area contributed by atoms with Crippen LogP contribution in [0.25, 0.3) is 11.8 Å². The van der Waals surface area contributed by atoms with Crippen LogP contribution >= 0.6 is 11.6 Å². The zero-order chi connectivity index (χ0) is 26.4. The van der Waals surface area contributed by atoms with Gasteiger partial charge in [0, 0.05) is 48.1 Å². The average Bonchev–Trinajstić information content (AvgIpc) is 3.51. The summed E-state index contributed by atoms with van der Waals surface area (Å²) in [5, 5.41) is 31.5. The molecule has 190 valence electrons. The van der Waals surface area contributed by atoms with Gasteiger partial charge in [0.1, 0.15) is 6.33 Å². The van der Waals surface area contributed by atoms with E-state index in [1.165, 1.54) is 29.2 Å². The minimum Gasteiger partial charge on any atom is -0.478 e. The van der Waals surface area contributed by atoms with Crippen molar-refractivity contribution in [3.05, 3.63) is 88.5 Å². The number of rotatable bonds is 10. The molecule has 3 N–H and O–H groups in total. The van der Waals surface area contributed by atoms with E-state index < -0.39 is 5.97 Å². The number of amides is 1. The van der Waals surface area contributed by atoms with E-state index in [2.05, 4.69) is 31.3 Å². The normalized spacial score (nSPS) is 12.0.